The maximum atomic E-state index is 12.3. The van der Waals surface area contributed by atoms with Crippen LogP contribution in [0.2, 0.25) is 0 Å². The van der Waals surface area contributed by atoms with Crippen LogP contribution in [0, 0.1) is 0 Å². The molecule has 6 heteroatoms. The highest BCUT2D eigenvalue weighted by Gasteiger charge is 2.13. The zero-order valence-electron chi connectivity index (χ0n) is 14.0. The lowest BCUT2D eigenvalue weighted by Crippen LogP contribution is -2.28. The van der Waals surface area contributed by atoms with Crippen molar-refractivity contribution in [3.63, 3.8) is 0 Å². The van der Waals surface area contributed by atoms with Gasteiger partial charge in [-0.05, 0) is 42.5 Å². The number of hydrogen-bond acceptors (Lipinski definition) is 5. The van der Waals surface area contributed by atoms with E-state index in [1.807, 2.05) is 24.3 Å². The predicted molar refractivity (Wildman–Crippen MR) is 90.4 cm³/mol. The molecule has 0 aliphatic rings. The molecule has 2 aromatic carbocycles. The SMILES string of the molecule is COc1ccc(OCCNC(=O)c2cc(OC)ccc2OC)cc1. The first kappa shape index (κ1) is 17.5. The average molecular weight is 331 g/mol. The lowest BCUT2D eigenvalue weighted by atomic mass is 10.1. The first-order chi connectivity index (χ1) is 11.7. The zero-order chi connectivity index (χ0) is 17.4. The molecule has 0 radical (unpaired) electrons. The van der Waals surface area contributed by atoms with Gasteiger partial charge in [-0.15, -0.1) is 0 Å². The van der Waals surface area contributed by atoms with Crippen LogP contribution in [0.15, 0.2) is 42.5 Å². The smallest absolute Gasteiger partial charge is 0.255 e. The fourth-order valence-corrected chi connectivity index (χ4v) is 2.09. The summed E-state index contributed by atoms with van der Waals surface area (Å²) in [5, 5.41) is 2.79. The summed E-state index contributed by atoms with van der Waals surface area (Å²) in [4.78, 5) is 12.3. The van der Waals surface area contributed by atoms with Gasteiger partial charge in [-0.3, -0.25) is 4.79 Å². The van der Waals surface area contributed by atoms with E-state index in [9.17, 15) is 4.79 Å². The quantitative estimate of drug-likeness (QED) is 0.753. The largest absolute Gasteiger partial charge is 0.497 e. The Morgan fingerprint density at radius 2 is 1.50 bits per heavy atom. The maximum Gasteiger partial charge on any atom is 0.255 e. The molecule has 0 heterocycles. The Bertz CT molecular complexity index is 670. The molecule has 128 valence electrons. The second kappa shape index (κ2) is 8.67. The number of carbonyl (C=O) groups excluding carboxylic acids is 1. The molecule has 0 saturated carbocycles. The predicted octanol–water partition coefficient (Wildman–Crippen LogP) is 2.52. The highest BCUT2D eigenvalue weighted by Crippen LogP contribution is 2.23. The van der Waals surface area contributed by atoms with Crippen LogP contribution in [-0.4, -0.2) is 40.4 Å². The molecule has 0 fully saturated rings. The molecule has 2 aromatic rings. The number of benzene rings is 2. The van der Waals surface area contributed by atoms with Crippen molar-refractivity contribution in [3.05, 3.63) is 48.0 Å². The van der Waals surface area contributed by atoms with Crippen LogP contribution in [0.25, 0.3) is 0 Å². The van der Waals surface area contributed by atoms with Crippen molar-refractivity contribution in [2.75, 3.05) is 34.5 Å². The summed E-state index contributed by atoms with van der Waals surface area (Å²) >= 11 is 0. The van der Waals surface area contributed by atoms with Gasteiger partial charge in [0.2, 0.25) is 0 Å². The minimum absolute atomic E-state index is 0.246. The zero-order valence-corrected chi connectivity index (χ0v) is 14.0. The molecule has 0 unspecified atom stereocenters. The van der Waals surface area contributed by atoms with Crippen molar-refractivity contribution >= 4 is 5.91 Å². The average Bonchev–Trinajstić information content (AvgIpc) is 2.64. The van der Waals surface area contributed by atoms with Gasteiger partial charge in [-0.25, -0.2) is 0 Å². The normalized spacial score (nSPS) is 9.96. The molecule has 1 amide bonds. The number of ether oxygens (including phenoxy) is 4. The van der Waals surface area contributed by atoms with Crippen LogP contribution in [0.5, 0.6) is 23.0 Å². The van der Waals surface area contributed by atoms with Gasteiger partial charge in [0.15, 0.2) is 0 Å². The number of amides is 1. The highest BCUT2D eigenvalue weighted by molar-refractivity contribution is 5.97. The number of hydrogen-bond donors (Lipinski definition) is 1. The van der Waals surface area contributed by atoms with Crippen molar-refractivity contribution in [2.45, 2.75) is 0 Å². The van der Waals surface area contributed by atoms with Crippen molar-refractivity contribution < 1.29 is 23.7 Å². The van der Waals surface area contributed by atoms with Crippen LogP contribution in [0.3, 0.4) is 0 Å². The van der Waals surface area contributed by atoms with Crippen LogP contribution in [0.4, 0.5) is 0 Å². The summed E-state index contributed by atoms with van der Waals surface area (Å²) in [6, 6.07) is 12.3. The molecule has 0 aliphatic carbocycles. The molecule has 24 heavy (non-hydrogen) atoms. The van der Waals surface area contributed by atoms with Gasteiger partial charge in [0.05, 0.1) is 33.4 Å². The summed E-state index contributed by atoms with van der Waals surface area (Å²) in [6.45, 7) is 0.718. The molecule has 0 atom stereocenters. The molecular formula is C18H21NO5. The minimum Gasteiger partial charge on any atom is -0.497 e. The lowest BCUT2D eigenvalue weighted by molar-refractivity contribution is 0.0943. The van der Waals surface area contributed by atoms with Crippen molar-refractivity contribution in [1.82, 2.24) is 5.32 Å². The molecule has 6 nitrogen and oxygen atoms in total. The second-order valence-corrected chi connectivity index (χ2v) is 4.85. The summed E-state index contributed by atoms with van der Waals surface area (Å²) < 4.78 is 21.0. The number of rotatable bonds is 8. The van der Waals surface area contributed by atoms with Crippen molar-refractivity contribution in [2.24, 2.45) is 0 Å². The Hall–Kier alpha value is -2.89. The van der Waals surface area contributed by atoms with Gasteiger partial charge in [0.25, 0.3) is 5.91 Å². The van der Waals surface area contributed by atoms with Crippen LogP contribution in [0.1, 0.15) is 10.4 Å². The fraction of sp³-hybridized carbons (Fsp3) is 0.278. The van der Waals surface area contributed by atoms with Crippen LogP contribution in [-0.2, 0) is 0 Å². The van der Waals surface area contributed by atoms with Crippen LogP contribution < -0.4 is 24.3 Å². The molecule has 2 rings (SSSR count). The topological polar surface area (TPSA) is 66.0 Å². The number of nitrogens with one attached hydrogen (secondary N) is 1. The van der Waals surface area contributed by atoms with E-state index in [-0.39, 0.29) is 5.91 Å². The monoisotopic (exact) mass is 331 g/mol. The Kier molecular flexibility index (Phi) is 6.31. The maximum absolute atomic E-state index is 12.3. The van der Waals surface area contributed by atoms with E-state index in [1.165, 1.54) is 7.11 Å². The second-order valence-electron chi connectivity index (χ2n) is 4.85. The van der Waals surface area contributed by atoms with Crippen molar-refractivity contribution in [1.29, 1.82) is 0 Å². The van der Waals surface area contributed by atoms with E-state index in [4.69, 9.17) is 18.9 Å². The van der Waals surface area contributed by atoms with Gasteiger partial charge in [0.1, 0.15) is 29.6 Å². The van der Waals surface area contributed by atoms with Gasteiger partial charge in [-0.1, -0.05) is 0 Å². The Morgan fingerprint density at radius 3 is 2.12 bits per heavy atom. The Morgan fingerprint density at radius 1 is 0.875 bits per heavy atom. The summed E-state index contributed by atoms with van der Waals surface area (Å²) in [5.41, 5.74) is 0.418. The third kappa shape index (κ3) is 4.55. The summed E-state index contributed by atoms with van der Waals surface area (Å²) in [6.07, 6.45) is 0. The molecule has 0 saturated heterocycles. The number of methoxy groups -OCH3 is 3. The van der Waals surface area contributed by atoms with E-state index in [1.54, 1.807) is 32.4 Å². The highest BCUT2D eigenvalue weighted by atomic mass is 16.5. The number of carbonyl (C=O) groups is 1. The first-order valence-corrected chi connectivity index (χ1v) is 7.45. The molecule has 0 aliphatic heterocycles. The molecule has 0 bridgehead atoms. The standard InChI is InChI=1S/C18H21NO5/c1-21-13-4-6-14(7-5-13)24-11-10-19-18(20)16-12-15(22-2)8-9-17(16)23-3/h4-9,12H,10-11H2,1-3H3,(H,19,20). The van der Waals surface area contributed by atoms with E-state index in [0.717, 1.165) is 5.75 Å². The van der Waals surface area contributed by atoms with Gasteiger partial charge >= 0.3 is 0 Å². The van der Waals surface area contributed by atoms with Gasteiger partial charge in [0, 0.05) is 0 Å². The van der Waals surface area contributed by atoms with Crippen molar-refractivity contribution in [3.8, 4) is 23.0 Å². The van der Waals surface area contributed by atoms with Gasteiger partial charge < -0.3 is 24.3 Å². The first-order valence-electron chi connectivity index (χ1n) is 7.45. The third-order valence-corrected chi connectivity index (χ3v) is 3.37. The third-order valence-electron chi connectivity index (χ3n) is 3.37. The lowest BCUT2D eigenvalue weighted by Gasteiger charge is -2.11. The summed E-state index contributed by atoms with van der Waals surface area (Å²) in [5.74, 6) is 2.31. The van der Waals surface area contributed by atoms with E-state index in [0.29, 0.717) is 36.0 Å². The van der Waals surface area contributed by atoms with E-state index >= 15 is 0 Å². The van der Waals surface area contributed by atoms with Gasteiger partial charge in [-0.2, -0.15) is 0 Å². The fourth-order valence-electron chi connectivity index (χ4n) is 2.09. The Balaban J connectivity index is 1.86. The Labute approximate surface area is 141 Å². The molecular weight excluding hydrogens is 310 g/mol. The summed E-state index contributed by atoms with van der Waals surface area (Å²) in [7, 11) is 4.68. The van der Waals surface area contributed by atoms with E-state index in [2.05, 4.69) is 5.32 Å². The van der Waals surface area contributed by atoms with Crippen LogP contribution >= 0.6 is 0 Å². The van der Waals surface area contributed by atoms with E-state index < -0.39 is 0 Å². The molecule has 0 spiro atoms. The molecule has 1 N–H and O–H groups in total. The molecule has 0 aromatic heterocycles. The minimum atomic E-state index is -0.246.